The Morgan fingerprint density at radius 3 is 2.50 bits per heavy atom. The van der Waals surface area contributed by atoms with Crippen molar-refractivity contribution in [3.63, 3.8) is 0 Å². The maximum absolute atomic E-state index is 13.2. The molecule has 2 N–H and O–H groups in total. The first-order valence-corrected chi connectivity index (χ1v) is 12.0. The van der Waals surface area contributed by atoms with Crippen LogP contribution in [0.3, 0.4) is 0 Å². The van der Waals surface area contributed by atoms with Crippen LogP contribution in [0.2, 0.25) is 5.02 Å². The molecule has 10 heteroatoms. The van der Waals surface area contributed by atoms with Crippen LogP contribution >= 0.6 is 27.5 Å². The number of phenolic OH excluding ortho intramolecular Hbond substituents is 1. The Kier molecular flexibility index (Phi) is 8.03. The van der Waals surface area contributed by atoms with Crippen molar-refractivity contribution in [3.05, 3.63) is 93.4 Å². The predicted octanol–water partition coefficient (Wildman–Crippen LogP) is 4.15. The molecule has 0 atom stereocenters. The van der Waals surface area contributed by atoms with Crippen LogP contribution in [0.15, 0.2) is 87.3 Å². The minimum Gasteiger partial charge on any atom is -0.508 e. The Labute approximate surface area is 199 Å². The van der Waals surface area contributed by atoms with Gasteiger partial charge in [-0.25, -0.2) is 13.8 Å². The van der Waals surface area contributed by atoms with Gasteiger partial charge in [0.2, 0.25) is 10.0 Å². The molecule has 0 heterocycles. The van der Waals surface area contributed by atoms with Crippen molar-refractivity contribution < 1.29 is 18.3 Å². The topological polar surface area (TPSA) is 99.1 Å². The second-order valence-corrected chi connectivity index (χ2v) is 9.97. The van der Waals surface area contributed by atoms with Crippen LogP contribution in [0.25, 0.3) is 0 Å². The summed E-state index contributed by atoms with van der Waals surface area (Å²) in [6.45, 7) is -0.567. The maximum atomic E-state index is 13.2. The number of phenols is 1. The summed E-state index contributed by atoms with van der Waals surface area (Å²) in [7, 11) is -4.00. The summed E-state index contributed by atoms with van der Waals surface area (Å²) in [5.74, 6) is -0.569. The average molecular weight is 537 g/mol. The van der Waals surface area contributed by atoms with Crippen LogP contribution in [-0.4, -0.2) is 36.5 Å². The first kappa shape index (κ1) is 23.9. The van der Waals surface area contributed by atoms with E-state index in [0.29, 0.717) is 16.1 Å². The van der Waals surface area contributed by atoms with Gasteiger partial charge in [-0.2, -0.15) is 9.41 Å². The summed E-state index contributed by atoms with van der Waals surface area (Å²) < 4.78 is 28.3. The standard InChI is InChI=1S/C22H19BrClN3O4S/c23-18-8-10-20(11-9-18)32(30,31)27(14-17-5-1-2-7-21(17)24)15-22(29)26-25-13-16-4-3-6-19(28)12-16/h1-13,28H,14-15H2,(H,26,29)/b25-13+. The molecule has 3 aromatic carbocycles. The molecule has 0 fully saturated rings. The van der Waals surface area contributed by atoms with E-state index in [2.05, 4.69) is 26.5 Å². The van der Waals surface area contributed by atoms with Crippen LogP contribution < -0.4 is 5.43 Å². The van der Waals surface area contributed by atoms with Gasteiger partial charge in [0.25, 0.3) is 5.91 Å². The molecule has 0 aromatic heterocycles. The SMILES string of the molecule is O=C(CN(Cc1ccccc1Cl)S(=O)(=O)c1ccc(Br)cc1)N/N=C/c1cccc(O)c1. The number of hydrogen-bond donors (Lipinski definition) is 2. The molecule has 3 rings (SSSR count). The summed E-state index contributed by atoms with van der Waals surface area (Å²) in [6, 6.07) is 19.3. The number of carbonyl (C=O) groups is 1. The van der Waals surface area contributed by atoms with E-state index < -0.39 is 22.5 Å². The zero-order chi connectivity index (χ0) is 23.1. The van der Waals surface area contributed by atoms with Crippen LogP contribution in [0.1, 0.15) is 11.1 Å². The lowest BCUT2D eigenvalue weighted by atomic mass is 10.2. The number of amides is 1. The van der Waals surface area contributed by atoms with Gasteiger partial charge in [-0.05, 0) is 53.6 Å². The number of carbonyl (C=O) groups excluding carboxylic acids is 1. The van der Waals surface area contributed by atoms with Gasteiger partial charge >= 0.3 is 0 Å². The smallest absolute Gasteiger partial charge is 0.255 e. The number of nitrogens with zero attached hydrogens (tertiary/aromatic N) is 2. The molecular weight excluding hydrogens is 518 g/mol. The number of sulfonamides is 1. The molecule has 0 unspecified atom stereocenters. The molecule has 3 aromatic rings. The fourth-order valence-corrected chi connectivity index (χ4v) is 4.61. The minimum absolute atomic E-state index is 0.0452. The summed E-state index contributed by atoms with van der Waals surface area (Å²) in [4.78, 5) is 12.5. The van der Waals surface area contributed by atoms with E-state index in [-0.39, 0.29) is 17.2 Å². The summed E-state index contributed by atoms with van der Waals surface area (Å²) in [5.41, 5.74) is 3.45. The number of benzene rings is 3. The van der Waals surface area contributed by atoms with Gasteiger partial charge in [-0.1, -0.05) is 57.9 Å². The predicted molar refractivity (Wildman–Crippen MR) is 127 cm³/mol. The van der Waals surface area contributed by atoms with Crippen molar-refractivity contribution in [2.45, 2.75) is 11.4 Å². The van der Waals surface area contributed by atoms with Crippen molar-refractivity contribution in [2.75, 3.05) is 6.54 Å². The quantitative estimate of drug-likeness (QED) is 0.334. The molecule has 7 nitrogen and oxygen atoms in total. The van der Waals surface area contributed by atoms with E-state index in [1.807, 2.05) is 0 Å². The van der Waals surface area contributed by atoms with Crippen LogP contribution in [0.4, 0.5) is 0 Å². The van der Waals surface area contributed by atoms with E-state index >= 15 is 0 Å². The number of hydrazone groups is 1. The van der Waals surface area contributed by atoms with Gasteiger partial charge in [-0.3, -0.25) is 4.79 Å². The highest BCUT2D eigenvalue weighted by Gasteiger charge is 2.27. The highest BCUT2D eigenvalue weighted by molar-refractivity contribution is 9.10. The fraction of sp³-hybridized carbons (Fsp3) is 0.0909. The number of aromatic hydroxyl groups is 1. The molecule has 166 valence electrons. The lowest BCUT2D eigenvalue weighted by Crippen LogP contribution is -2.39. The Hall–Kier alpha value is -2.72. The van der Waals surface area contributed by atoms with Crippen molar-refractivity contribution in [1.29, 1.82) is 0 Å². The first-order valence-electron chi connectivity index (χ1n) is 9.36. The third-order valence-corrected chi connectivity index (χ3v) is 7.05. The molecule has 0 saturated heterocycles. The van der Waals surface area contributed by atoms with E-state index in [9.17, 15) is 18.3 Å². The van der Waals surface area contributed by atoms with Gasteiger partial charge in [0, 0.05) is 16.0 Å². The number of rotatable bonds is 8. The highest BCUT2D eigenvalue weighted by Crippen LogP contribution is 2.23. The fourth-order valence-electron chi connectivity index (χ4n) is 2.78. The molecule has 0 radical (unpaired) electrons. The maximum Gasteiger partial charge on any atom is 0.255 e. The molecule has 0 spiro atoms. The Bertz CT molecular complexity index is 1230. The largest absolute Gasteiger partial charge is 0.508 e. The third kappa shape index (κ3) is 6.39. The summed E-state index contributed by atoms with van der Waals surface area (Å²) in [6.07, 6.45) is 1.35. The van der Waals surface area contributed by atoms with E-state index in [0.717, 1.165) is 8.78 Å². The molecule has 0 aliphatic heterocycles. The second-order valence-electron chi connectivity index (χ2n) is 6.71. The van der Waals surface area contributed by atoms with Crippen LogP contribution in [0, 0.1) is 0 Å². The Morgan fingerprint density at radius 1 is 1.09 bits per heavy atom. The molecule has 32 heavy (non-hydrogen) atoms. The number of nitrogens with one attached hydrogen (secondary N) is 1. The van der Waals surface area contributed by atoms with E-state index in [4.69, 9.17) is 11.6 Å². The molecule has 0 aliphatic carbocycles. The van der Waals surface area contributed by atoms with Crippen LogP contribution in [-0.2, 0) is 21.4 Å². The van der Waals surface area contributed by atoms with Crippen molar-refractivity contribution in [3.8, 4) is 5.75 Å². The van der Waals surface area contributed by atoms with Gasteiger partial charge < -0.3 is 5.11 Å². The second kappa shape index (κ2) is 10.7. The summed E-state index contributed by atoms with van der Waals surface area (Å²) >= 11 is 9.50. The molecule has 0 aliphatic rings. The van der Waals surface area contributed by atoms with E-state index in [1.54, 1.807) is 48.5 Å². The van der Waals surface area contributed by atoms with Crippen molar-refractivity contribution in [2.24, 2.45) is 5.10 Å². The Morgan fingerprint density at radius 2 is 1.81 bits per heavy atom. The van der Waals surface area contributed by atoms with Gasteiger partial charge in [-0.15, -0.1) is 0 Å². The zero-order valence-electron chi connectivity index (χ0n) is 16.7. The Balaban J connectivity index is 1.81. The third-order valence-electron chi connectivity index (χ3n) is 4.35. The van der Waals surface area contributed by atoms with Gasteiger partial charge in [0.1, 0.15) is 5.75 Å². The summed E-state index contributed by atoms with van der Waals surface area (Å²) in [5, 5.41) is 13.7. The molecule has 0 saturated carbocycles. The van der Waals surface area contributed by atoms with Crippen molar-refractivity contribution >= 4 is 49.7 Å². The average Bonchev–Trinajstić information content (AvgIpc) is 2.75. The molecule has 0 bridgehead atoms. The van der Waals surface area contributed by atoms with E-state index in [1.165, 1.54) is 30.5 Å². The van der Waals surface area contributed by atoms with Crippen molar-refractivity contribution in [1.82, 2.24) is 9.73 Å². The lowest BCUT2D eigenvalue weighted by molar-refractivity contribution is -0.121. The highest BCUT2D eigenvalue weighted by atomic mass is 79.9. The number of halogens is 2. The van der Waals surface area contributed by atoms with Crippen LogP contribution in [0.5, 0.6) is 5.75 Å². The monoisotopic (exact) mass is 535 g/mol. The minimum atomic E-state index is -4.00. The normalized spacial score (nSPS) is 11.7. The molecular formula is C22H19BrClN3O4S. The van der Waals surface area contributed by atoms with Gasteiger partial charge in [0.05, 0.1) is 17.7 Å². The lowest BCUT2D eigenvalue weighted by Gasteiger charge is -2.22. The first-order chi connectivity index (χ1) is 15.3. The number of hydrogen-bond acceptors (Lipinski definition) is 5. The molecule has 1 amide bonds. The van der Waals surface area contributed by atoms with Gasteiger partial charge in [0.15, 0.2) is 0 Å². The zero-order valence-corrected chi connectivity index (χ0v) is 19.8.